The highest BCUT2D eigenvalue weighted by Crippen LogP contribution is 2.23. The molecule has 0 bridgehead atoms. The van der Waals surface area contributed by atoms with Crippen LogP contribution in [0.2, 0.25) is 0 Å². The summed E-state index contributed by atoms with van der Waals surface area (Å²) in [6, 6.07) is 13.4. The third kappa shape index (κ3) is 4.05. The highest BCUT2D eigenvalue weighted by molar-refractivity contribution is 5.95. The smallest absolute Gasteiger partial charge is 0.235 e. The highest BCUT2D eigenvalue weighted by Gasteiger charge is 2.25. The number of anilines is 1. The summed E-state index contributed by atoms with van der Waals surface area (Å²) >= 11 is 0. The second-order valence-electron chi connectivity index (χ2n) is 6.17. The van der Waals surface area contributed by atoms with Gasteiger partial charge in [-0.05, 0) is 61.2 Å². The number of amides is 1. The van der Waals surface area contributed by atoms with Gasteiger partial charge in [0.1, 0.15) is 11.7 Å². The SMILES string of the molecule is COc1cccc(CC(C(=O)Nc2ccc(C)c(C)c2)c2nn[nH]n2)c1. The van der Waals surface area contributed by atoms with Gasteiger partial charge in [0.25, 0.3) is 0 Å². The van der Waals surface area contributed by atoms with Crippen LogP contribution in [0.25, 0.3) is 0 Å². The number of H-pyrrole nitrogens is 1. The number of ether oxygens (including phenoxy) is 1. The van der Waals surface area contributed by atoms with Gasteiger partial charge in [0.2, 0.25) is 5.91 Å². The number of tetrazole rings is 1. The van der Waals surface area contributed by atoms with Crippen molar-refractivity contribution in [2.45, 2.75) is 26.2 Å². The topological polar surface area (TPSA) is 92.8 Å². The minimum absolute atomic E-state index is 0.183. The van der Waals surface area contributed by atoms with Gasteiger partial charge >= 0.3 is 0 Å². The van der Waals surface area contributed by atoms with Crippen molar-refractivity contribution in [3.8, 4) is 5.75 Å². The quantitative estimate of drug-likeness (QED) is 0.712. The third-order valence-electron chi connectivity index (χ3n) is 4.34. The maximum Gasteiger partial charge on any atom is 0.235 e. The molecule has 0 saturated carbocycles. The molecule has 1 aromatic heterocycles. The number of benzene rings is 2. The molecule has 0 aliphatic carbocycles. The summed E-state index contributed by atoms with van der Waals surface area (Å²) in [5.74, 6) is 0.345. The fraction of sp³-hybridized carbons (Fsp3) is 0.263. The molecule has 2 N–H and O–H groups in total. The lowest BCUT2D eigenvalue weighted by molar-refractivity contribution is -0.117. The number of methoxy groups -OCH3 is 1. The Bertz CT molecular complexity index is 893. The van der Waals surface area contributed by atoms with Crippen LogP contribution >= 0.6 is 0 Å². The zero-order chi connectivity index (χ0) is 18.5. The van der Waals surface area contributed by atoms with E-state index in [1.165, 1.54) is 5.56 Å². The summed E-state index contributed by atoms with van der Waals surface area (Å²) in [6.45, 7) is 4.05. The first-order valence-corrected chi connectivity index (χ1v) is 8.31. The summed E-state index contributed by atoms with van der Waals surface area (Å²) < 4.78 is 5.26. The van der Waals surface area contributed by atoms with E-state index >= 15 is 0 Å². The molecule has 0 aliphatic heterocycles. The van der Waals surface area contributed by atoms with Gasteiger partial charge < -0.3 is 10.1 Å². The van der Waals surface area contributed by atoms with Crippen molar-refractivity contribution < 1.29 is 9.53 Å². The molecule has 7 nitrogen and oxygen atoms in total. The lowest BCUT2D eigenvalue weighted by atomic mass is 9.97. The van der Waals surface area contributed by atoms with Gasteiger partial charge in [-0.2, -0.15) is 5.21 Å². The van der Waals surface area contributed by atoms with Gasteiger partial charge in [-0.1, -0.05) is 23.4 Å². The second-order valence-corrected chi connectivity index (χ2v) is 6.17. The number of hydrogen-bond acceptors (Lipinski definition) is 5. The molecule has 1 unspecified atom stereocenters. The minimum atomic E-state index is -0.567. The van der Waals surface area contributed by atoms with Crippen LogP contribution < -0.4 is 10.1 Å². The Kier molecular flexibility index (Phi) is 5.26. The summed E-state index contributed by atoms with van der Waals surface area (Å²) in [5.41, 5.74) is 3.99. The predicted molar refractivity (Wildman–Crippen MR) is 98.2 cm³/mol. The third-order valence-corrected chi connectivity index (χ3v) is 4.34. The first-order chi connectivity index (χ1) is 12.6. The lowest BCUT2D eigenvalue weighted by Crippen LogP contribution is -2.24. The number of nitrogens with one attached hydrogen (secondary N) is 2. The van der Waals surface area contributed by atoms with Crippen molar-refractivity contribution in [3.63, 3.8) is 0 Å². The van der Waals surface area contributed by atoms with Crippen molar-refractivity contribution in [1.82, 2.24) is 20.6 Å². The van der Waals surface area contributed by atoms with Crippen LogP contribution in [-0.4, -0.2) is 33.6 Å². The van der Waals surface area contributed by atoms with Gasteiger partial charge in [-0.25, -0.2) is 0 Å². The van der Waals surface area contributed by atoms with Crippen LogP contribution in [0.5, 0.6) is 5.75 Å². The number of aromatic nitrogens is 4. The predicted octanol–water partition coefficient (Wildman–Crippen LogP) is 2.79. The second kappa shape index (κ2) is 7.77. The number of carbonyl (C=O) groups is 1. The first kappa shape index (κ1) is 17.6. The molecule has 0 radical (unpaired) electrons. The largest absolute Gasteiger partial charge is 0.497 e. The molecule has 0 aliphatic rings. The van der Waals surface area contributed by atoms with Gasteiger partial charge in [-0.3, -0.25) is 4.79 Å². The zero-order valence-corrected chi connectivity index (χ0v) is 15.0. The standard InChI is InChI=1S/C19H21N5O2/c1-12-7-8-15(9-13(12)2)20-19(25)17(18-21-23-24-22-18)11-14-5-4-6-16(10-14)26-3/h4-10,17H,11H2,1-3H3,(H,20,25)(H,21,22,23,24). The highest BCUT2D eigenvalue weighted by atomic mass is 16.5. The molecule has 134 valence electrons. The molecular formula is C19H21N5O2. The minimum Gasteiger partial charge on any atom is -0.497 e. The number of rotatable bonds is 6. The Morgan fingerprint density at radius 2 is 2.04 bits per heavy atom. The van der Waals surface area contributed by atoms with Crippen LogP contribution in [0, 0.1) is 13.8 Å². The van der Waals surface area contributed by atoms with E-state index in [0.717, 1.165) is 22.6 Å². The van der Waals surface area contributed by atoms with Crippen molar-refractivity contribution in [1.29, 1.82) is 0 Å². The number of nitrogens with zero attached hydrogens (tertiary/aromatic N) is 3. The molecule has 0 spiro atoms. The van der Waals surface area contributed by atoms with Crippen molar-refractivity contribution in [2.75, 3.05) is 12.4 Å². The van der Waals surface area contributed by atoms with Crippen molar-refractivity contribution >= 4 is 11.6 Å². The maximum atomic E-state index is 12.9. The van der Waals surface area contributed by atoms with Gasteiger partial charge in [0.05, 0.1) is 7.11 Å². The maximum absolute atomic E-state index is 12.9. The van der Waals surface area contributed by atoms with E-state index in [0.29, 0.717) is 12.2 Å². The van der Waals surface area contributed by atoms with Crippen LogP contribution in [0.3, 0.4) is 0 Å². The number of aryl methyl sites for hydroxylation is 2. The first-order valence-electron chi connectivity index (χ1n) is 8.31. The monoisotopic (exact) mass is 351 g/mol. The number of aromatic amines is 1. The van der Waals surface area contributed by atoms with Gasteiger partial charge in [0.15, 0.2) is 5.82 Å². The number of hydrogen-bond donors (Lipinski definition) is 2. The summed E-state index contributed by atoms with van der Waals surface area (Å²) in [6.07, 6.45) is 0.438. The molecule has 0 fully saturated rings. The summed E-state index contributed by atoms with van der Waals surface area (Å²) in [5, 5.41) is 17.0. The van der Waals surface area contributed by atoms with E-state index in [9.17, 15) is 4.79 Å². The molecule has 1 amide bonds. The molecule has 3 rings (SSSR count). The Balaban J connectivity index is 1.83. The van der Waals surface area contributed by atoms with E-state index in [4.69, 9.17) is 4.74 Å². The van der Waals surface area contributed by atoms with Crippen LogP contribution in [0.1, 0.15) is 28.4 Å². The van der Waals surface area contributed by atoms with Crippen LogP contribution in [0.15, 0.2) is 42.5 Å². The van der Waals surface area contributed by atoms with Gasteiger partial charge in [0, 0.05) is 5.69 Å². The zero-order valence-electron chi connectivity index (χ0n) is 15.0. The van der Waals surface area contributed by atoms with E-state index < -0.39 is 5.92 Å². The van der Waals surface area contributed by atoms with Crippen LogP contribution in [0.4, 0.5) is 5.69 Å². The van der Waals surface area contributed by atoms with Gasteiger partial charge in [-0.15, -0.1) is 10.2 Å². The van der Waals surface area contributed by atoms with E-state index in [2.05, 4.69) is 25.9 Å². The lowest BCUT2D eigenvalue weighted by Gasteiger charge is -2.15. The van der Waals surface area contributed by atoms with Crippen molar-refractivity contribution in [2.24, 2.45) is 0 Å². The normalized spacial score (nSPS) is 11.8. The molecule has 1 heterocycles. The van der Waals surface area contributed by atoms with E-state index in [-0.39, 0.29) is 5.91 Å². The molecule has 0 saturated heterocycles. The van der Waals surface area contributed by atoms with E-state index in [1.807, 2.05) is 56.3 Å². The molecule has 7 heteroatoms. The number of carbonyl (C=O) groups excluding carboxylic acids is 1. The fourth-order valence-electron chi connectivity index (χ4n) is 2.70. The molecule has 26 heavy (non-hydrogen) atoms. The Morgan fingerprint density at radius 1 is 1.19 bits per heavy atom. The van der Waals surface area contributed by atoms with Crippen LogP contribution in [-0.2, 0) is 11.2 Å². The Labute approximate surface area is 151 Å². The molecule has 1 atom stereocenters. The fourth-order valence-corrected chi connectivity index (χ4v) is 2.70. The average molecular weight is 351 g/mol. The summed E-state index contributed by atoms with van der Waals surface area (Å²) in [4.78, 5) is 12.9. The Morgan fingerprint density at radius 3 is 2.73 bits per heavy atom. The average Bonchev–Trinajstić information content (AvgIpc) is 3.17. The molecule has 2 aromatic carbocycles. The molecule has 3 aromatic rings. The van der Waals surface area contributed by atoms with E-state index in [1.54, 1.807) is 7.11 Å². The van der Waals surface area contributed by atoms with Crippen molar-refractivity contribution in [3.05, 3.63) is 65.0 Å². The Hall–Kier alpha value is -3.22. The molecular weight excluding hydrogens is 330 g/mol. The summed E-state index contributed by atoms with van der Waals surface area (Å²) in [7, 11) is 1.61.